The van der Waals surface area contributed by atoms with Gasteiger partial charge in [-0.1, -0.05) is 45.7 Å². The molecule has 0 aromatic heterocycles. The number of amidine groups is 1. The number of rotatable bonds is 5. The average Bonchev–Trinajstić information content (AvgIpc) is 3.17. The molecule has 4 rings (SSSR count). The van der Waals surface area contributed by atoms with Crippen LogP contribution in [0, 0.1) is 11.3 Å². The molecule has 3 aromatic carbocycles. The third kappa shape index (κ3) is 5.75. The fourth-order valence-corrected chi connectivity index (χ4v) is 4.36. The van der Waals surface area contributed by atoms with E-state index in [4.69, 9.17) is 16.3 Å². The molecule has 0 unspecified atom stereocenters. The van der Waals surface area contributed by atoms with Gasteiger partial charge in [-0.15, -0.1) is 0 Å². The zero-order chi connectivity index (χ0) is 24.1. The Kier molecular flexibility index (Phi) is 7.48. The number of benzene rings is 3. The van der Waals surface area contributed by atoms with Crippen molar-refractivity contribution < 1.29 is 14.3 Å². The van der Waals surface area contributed by atoms with Gasteiger partial charge in [0.15, 0.2) is 5.17 Å². The number of ether oxygens (including phenoxy) is 1. The first-order valence-corrected chi connectivity index (χ1v) is 11.9. The molecule has 0 radical (unpaired) electrons. The van der Waals surface area contributed by atoms with Crippen molar-refractivity contribution in [3.05, 3.63) is 103 Å². The minimum Gasteiger partial charge on any atom is -0.488 e. The Hall–Kier alpha value is -3.38. The molecule has 34 heavy (non-hydrogen) atoms. The first-order chi connectivity index (χ1) is 16.4. The Balaban J connectivity index is 1.54. The molecule has 1 aliphatic heterocycles. The number of nitrogens with zero attached hydrogens (tertiary/aromatic N) is 2. The smallest absolute Gasteiger partial charge is 0.279 e. The van der Waals surface area contributed by atoms with Crippen molar-refractivity contribution >= 4 is 62.4 Å². The molecule has 3 aromatic rings. The van der Waals surface area contributed by atoms with Crippen molar-refractivity contribution in [2.24, 2.45) is 4.99 Å². The van der Waals surface area contributed by atoms with E-state index in [2.05, 4.69) is 32.3 Å². The number of halogens is 2. The summed E-state index contributed by atoms with van der Waals surface area (Å²) >= 11 is 10.4. The molecule has 0 saturated carbocycles. The van der Waals surface area contributed by atoms with E-state index >= 15 is 0 Å². The number of carbonyl (C=O) groups is 2. The monoisotopic (exact) mass is 551 g/mol. The standard InChI is InChI=1S/C25H15BrClN3O3S/c26-19-7-10-21(33-14-17-4-2-1-3-16(17)13-28)18(11-19)12-22-24(32)30-25(34-22)29-23(31)15-5-8-20(27)9-6-15/h1-12H,14H2,(H,29,30,31,32)/b22-12-. The lowest BCUT2D eigenvalue weighted by molar-refractivity contribution is -0.115. The zero-order valence-corrected chi connectivity index (χ0v) is 20.6. The molecular formula is C25H15BrClN3O3S. The Labute approximate surface area is 213 Å². The van der Waals surface area contributed by atoms with Gasteiger partial charge in [0.2, 0.25) is 0 Å². The lowest BCUT2D eigenvalue weighted by Gasteiger charge is -2.11. The van der Waals surface area contributed by atoms with Crippen molar-refractivity contribution in [1.29, 1.82) is 5.26 Å². The summed E-state index contributed by atoms with van der Waals surface area (Å²) in [5, 5.41) is 12.6. The van der Waals surface area contributed by atoms with E-state index in [1.165, 1.54) is 0 Å². The normalized spacial score (nSPS) is 15.3. The Morgan fingerprint density at radius 2 is 1.94 bits per heavy atom. The maximum absolute atomic E-state index is 12.5. The summed E-state index contributed by atoms with van der Waals surface area (Å²) in [7, 11) is 0. The van der Waals surface area contributed by atoms with E-state index in [9.17, 15) is 14.9 Å². The second-order valence-corrected chi connectivity index (χ2v) is 9.42. The second-order valence-electron chi connectivity index (χ2n) is 7.03. The summed E-state index contributed by atoms with van der Waals surface area (Å²) in [6.45, 7) is 0.198. The highest BCUT2D eigenvalue weighted by Crippen LogP contribution is 2.32. The van der Waals surface area contributed by atoms with Gasteiger partial charge >= 0.3 is 0 Å². The molecule has 6 nitrogen and oxygen atoms in total. The van der Waals surface area contributed by atoms with Gasteiger partial charge in [0.25, 0.3) is 11.8 Å². The molecule has 0 aliphatic carbocycles. The summed E-state index contributed by atoms with van der Waals surface area (Å²) in [6, 6.07) is 21.1. The number of carbonyl (C=O) groups excluding carboxylic acids is 2. The Morgan fingerprint density at radius 3 is 2.71 bits per heavy atom. The van der Waals surface area contributed by atoms with Gasteiger partial charge in [-0.3, -0.25) is 9.59 Å². The molecule has 1 heterocycles. The van der Waals surface area contributed by atoms with Crippen molar-refractivity contribution in [1.82, 2.24) is 5.32 Å². The quantitative estimate of drug-likeness (QED) is 0.395. The van der Waals surface area contributed by atoms with Crippen molar-refractivity contribution in [2.45, 2.75) is 6.61 Å². The van der Waals surface area contributed by atoms with Crippen LogP contribution in [0.5, 0.6) is 5.75 Å². The molecule has 1 aliphatic rings. The number of aliphatic imine (C=N–C) groups is 1. The summed E-state index contributed by atoms with van der Waals surface area (Å²) in [6.07, 6.45) is 1.67. The van der Waals surface area contributed by atoms with Crippen LogP contribution < -0.4 is 10.1 Å². The van der Waals surface area contributed by atoms with Gasteiger partial charge in [-0.25, -0.2) is 0 Å². The van der Waals surface area contributed by atoms with E-state index in [-0.39, 0.29) is 17.7 Å². The molecule has 1 N–H and O–H groups in total. The molecule has 1 fully saturated rings. The van der Waals surface area contributed by atoms with Crippen LogP contribution in [0.1, 0.15) is 27.0 Å². The number of nitrogens with one attached hydrogen (secondary N) is 1. The first kappa shape index (κ1) is 23.8. The topological polar surface area (TPSA) is 91.5 Å². The fraction of sp³-hybridized carbons (Fsp3) is 0.0400. The van der Waals surface area contributed by atoms with E-state index in [0.717, 1.165) is 21.8 Å². The van der Waals surface area contributed by atoms with Crippen LogP contribution in [0.3, 0.4) is 0 Å². The van der Waals surface area contributed by atoms with Gasteiger partial charge in [-0.05, 0) is 66.4 Å². The highest BCUT2D eigenvalue weighted by atomic mass is 79.9. The van der Waals surface area contributed by atoms with Crippen molar-refractivity contribution in [3.63, 3.8) is 0 Å². The van der Waals surface area contributed by atoms with Crippen LogP contribution in [0.15, 0.2) is 81.1 Å². The zero-order valence-electron chi connectivity index (χ0n) is 17.4. The fourth-order valence-electron chi connectivity index (χ4n) is 3.05. The lowest BCUT2D eigenvalue weighted by atomic mass is 10.1. The van der Waals surface area contributed by atoms with Gasteiger partial charge < -0.3 is 10.1 Å². The number of thioether (sulfide) groups is 1. The van der Waals surface area contributed by atoms with Crippen molar-refractivity contribution in [3.8, 4) is 11.8 Å². The predicted molar refractivity (Wildman–Crippen MR) is 137 cm³/mol. The average molecular weight is 553 g/mol. The molecule has 0 bridgehead atoms. The largest absolute Gasteiger partial charge is 0.488 e. The van der Waals surface area contributed by atoms with Gasteiger partial charge in [-0.2, -0.15) is 10.3 Å². The summed E-state index contributed by atoms with van der Waals surface area (Å²) in [4.78, 5) is 29.3. The predicted octanol–water partition coefficient (Wildman–Crippen LogP) is 5.95. The van der Waals surface area contributed by atoms with E-state index in [0.29, 0.717) is 32.4 Å². The number of hydrogen-bond donors (Lipinski definition) is 1. The van der Waals surface area contributed by atoms with Crippen LogP contribution in [0.25, 0.3) is 6.08 Å². The second kappa shape index (κ2) is 10.7. The Morgan fingerprint density at radius 1 is 1.18 bits per heavy atom. The summed E-state index contributed by atoms with van der Waals surface area (Å²) in [5.74, 6) is -0.309. The minimum absolute atomic E-state index is 0.191. The van der Waals surface area contributed by atoms with E-state index < -0.39 is 5.91 Å². The van der Waals surface area contributed by atoms with Crippen molar-refractivity contribution in [2.75, 3.05) is 0 Å². The van der Waals surface area contributed by atoms with Gasteiger partial charge in [0.05, 0.1) is 16.5 Å². The number of nitriles is 1. The van der Waals surface area contributed by atoms with Crippen LogP contribution >= 0.6 is 39.3 Å². The van der Waals surface area contributed by atoms with Crippen LogP contribution in [0.2, 0.25) is 5.02 Å². The van der Waals surface area contributed by atoms with Gasteiger partial charge in [0, 0.05) is 26.2 Å². The molecule has 9 heteroatoms. The highest BCUT2D eigenvalue weighted by Gasteiger charge is 2.25. The van der Waals surface area contributed by atoms with E-state index in [1.807, 2.05) is 24.3 Å². The number of amides is 2. The molecular weight excluding hydrogens is 538 g/mol. The third-order valence-electron chi connectivity index (χ3n) is 4.72. The maximum Gasteiger partial charge on any atom is 0.279 e. The third-order valence-corrected chi connectivity index (χ3v) is 6.38. The SMILES string of the molecule is N#Cc1ccccc1COc1ccc(Br)cc1/C=C1\SC(=NC(=O)c2ccc(Cl)cc2)NC1=O. The summed E-state index contributed by atoms with van der Waals surface area (Å²) in [5.41, 5.74) is 2.32. The molecule has 0 spiro atoms. The van der Waals surface area contributed by atoms with E-state index in [1.54, 1.807) is 48.5 Å². The first-order valence-electron chi connectivity index (χ1n) is 9.93. The highest BCUT2D eigenvalue weighted by molar-refractivity contribution is 9.10. The Bertz CT molecular complexity index is 1380. The molecule has 0 atom stereocenters. The maximum atomic E-state index is 12.5. The molecule has 168 valence electrons. The minimum atomic E-state index is -0.483. The summed E-state index contributed by atoms with van der Waals surface area (Å²) < 4.78 is 6.78. The molecule has 1 saturated heterocycles. The molecule has 2 amide bonds. The van der Waals surface area contributed by atoms with Crippen LogP contribution in [-0.2, 0) is 11.4 Å². The van der Waals surface area contributed by atoms with Crippen LogP contribution in [-0.4, -0.2) is 17.0 Å². The van der Waals surface area contributed by atoms with Gasteiger partial charge in [0.1, 0.15) is 12.4 Å². The lowest BCUT2D eigenvalue weighted by Crippen LogP contribution is -2.20. The van der Waals surface area contributed by atoms with Crippen LogP contribution in [0.4, 0.5) is 0 Å². The number of hydrogen-bond acceptors (Lipinski definition) is 5.